The molecule has 1 N–H and O–H groups in total. The third-order valence-corrected chi connectivity index (χ3v) is 4.72. The standard InChI is InChI=1S/C22H22ClN3O3/c1-13(2)22(28)24-21-19(17-7-5-6-8-18(17)29-4)20(27)14(3)25-26(21)16-11-9-15(23)10-12-16/h5-13H,1-4H3,(H,24,28). The third-order valence-electron chi connectivity index (χ3n) is 4.47. The first kappa shape index (κ1) is 20.6. The lowest BCUT2D eigenvalue weighted by Gasteiger charge is -2.20. The van der Waals surface area contributed by atoms with Crippen LogP contribution in [0.5, 0.6) is 5.75 Å². The molecule has 6 nitrogen and oxygen atoms in total. The molecule has 1 aromatic heterocycles. The van der Waals surface area contributed by atoms with Gasteiger partial charge >= 0.3 is 0 Å². The number of nitrogens with one attached hydrogen (secondary N) is 1. The Morgan fingerprint density at radius 1 is 1.14 bits per heavy atom. The minimum Gasteiger partial charge on any atom is -0.496 e. The summed E-state index contributed by atoms with van der Waals surface area (Å²) in [4.78, 5) is 25.7. The van der Waals surface area contributed by atoms with Crippen molar-refractivity contribution in [2.45, 2.75) is 20.8 Å². The van der Waals surface area contributed by atoms with Gasteiger partial charge in [0.25, 0.3) is 0 Å². The number of hydrogen-bond donors (Lipinski definition) is 1. The van der Waals surface area contributed by atoms with Gasteiger partial charge in [-0.15, -0.1) is 0 Å². The quantitative estimate of drug-likeness (QED) is 0.672. The number of aryl methyl sites for hydroxylation is 1. The Hall–Kier alpha value is -3.12. The van der Waals surface area contributed by atoms with Crippen molar-refractivity contribution < 1.29 is 9.53 Å². The van der Waals surface area contributed by atoms with Crippen LogP contribution >= 0.6 is 11.6 Å². The first-order valence-corrected chi connectivity index (χ1v) is 9.55. The number of carbonyl (C=O) groups is 1. The van der Waals surface area contributed by atoms with Crippen LogP contribution in [-0.4, -0.2) is 22.8 Å². The average Bonchev–Trinajstić information content (AvgIpc) is 2.71. The van der Waals surface area contributed by atoms with Crippen LogP contribution in [-0.2, 0) is 4.79 Å². The van der Waals surface area contributed by atoms with Crippen LogP contribution in [0.2, 0.25) is 5.02 Å². The third kappa shape index (κ3) is 4.17. The number of ether oxygens (including phenoxy) is 1. The molecule has 29 heavy (non-hydrogen) atoms. The number of aromatic nitrogens is 2. The molecule has 3 rings (SSSR count). The number of benzene rings is 2. The zero-order valence-corrected chi connectivity index (χ0v) is 17.4. The fourth-order valence-corrected chi connectivity index (χ4v) is 3.01. The Morgan fingerprint density at radius 2 is 1.79 bits per heavy atom. The molecule has 0 aliphatic heterocycles. The molecule has 3 aromatic rings. The van der Waals surface area contributed by atoms with Gasteiger partial charge in [-0.2, -0.15) is 5.10 Å². The van der Waals surface area contributed by atoms with Gasteiger partial charge in [0.15, 0.2) is 0 Å². The van der Waals surface area contributed by atoms with E-state index >= 15 is 0 Å². The summed E-state index contributed by atoms with van der Waals surface area (Å²) in [5, 5.41) is 7.89. The molecule has 0 fully saturated rings. The van der Waals surface area contributed by atoms with Crippen molar-refractivity contribution in [3.05, 3.63) is 69.5 Å². The van der Waals surface area contributed by atoms with Gasteiger partial charge in [-0.3, -0.25) is 9.59 Å². The van der Waals surface area contributed by atoms with Gasteiger partial charge in [-0.25, -0.2) is 4.68 Å². The first-order chi connectivity index (χ1) is 13.8. The molecular weight excluding hydrogens is 390 g/mol. The molecule has 7 heteroatoms. The van der Waals surface area contributed by atoms with E-state index in [4.69, 9.17) is 16.3 Å². The smallest absolute Gasteiger partial charge is 0.228 e. The van der Waals surface area contributed by atoms with Gasteiger partial charge in [-0.05, 0) is 37.3 Å². The van der Waals surface area contributed by atoms with Crippen molar-refractivity contribution in [1.82, 2.24) is 9.78 Å². The Balaban J connectivity index is 2.38. The molecule has 0 atom stereocenters. The van der Waals surface area contributed by atoms with Crippen LogP contribution < -0.4 is 15.5 Å². The summed E-state index contributed by atoms with van der Waals surface area (Å²) in [7, 11) is 1.54. The van der Waals surface area contributed by atoms with E-state index in [9.17, 15) is 9.59 Å². The number of rotatable bonds is 5. The topological polar surface area (TPSA) is 73.2 Å². The van der Waals surface area contributed by atoms with Crippen LogP contribution in [0.15, 0.2) is 53.3 Å². The lowest BCUT2D eigenvalue weighted by molar-refractivity contribution is -0.118. The number of anilines is 1. The highest BCUT2D eigenvalue weighted by molar-refractivity contribution is 6.30. The van der Waals surface area contributed by atoms with Crippen LogP contribution in [0, 0.1) is 12.8 Å². The lowest BCUT2D eigenvalue weighted by atomic mass is 10.0. The van der Waals surface area contributed by atoms with Crippen molar-refractivity contribution in [3.63, 3.8) is 0 Å². The predicted molar refractivity (Wildman–Crippen MR) is 115 cm³/mol. The van der Waals surface area contributed by atoms with Crippen molar-refractivity contribution in [2.75, 3.05) is 12.4 Å². The summed E-state index contributed by atoms with van der Waals surface area (Å²) in [6.07, 6.45) is 0. The van der Waals surface area contributed by atoms with Gasteiger partial charge < -0.3 is 10.1 Å². The van der Waals surface area contributed by atoms with Gasteiger partial charge in [0.2, 0.25) is 11.3 Å². The van der Waals surface area contributed by atoms with Crippen LogP contribution in [0.25, 0.3) is 16.8 Å². The summed E-state index contributed by atoms with van der Waals surface area (Å²) in [5.41, 5.74) is 1.57. The number of amides is 1. The zero-order valence-electron chi connectivity index (χ0n) is 16.7. The second-order valence-electron chi connectivity index (χ2n) is 6.87. The van der Waals surface area contributed by atoms with E-state index in [1.807, 2.05) is 12.1 Å². The lowest BCUT2D eigenvalue weighted by Crippen LogP contribution is -2.27. The fourth-order valence-electron chi connectivity index (χ4n) is 2.89. The number of para-hydroxylation sites is 1. The second-order valence-corrected chi connectivity index (χ2v) is 7.31. The summed E-state index contributed by atoms with van der Waals surface area (Å²) >= 11 is 6.02. The van der Waals surface area contributed by atoms with Crippen LogP contribution in [0.1, 0.15) is 19.5 Å². The first-order valence-electron chi connectivity index (χ1n) is 9.17. The SMILES string of the molecule is COc1ccccc1-c1c(NC(=O)C(C)C)n(-c2ccc(Cl)cc2)nc(C)c1=O. The van der Waals surface area contributed by atoms with Gasteiger partial charge in [0.1, 0.15) is 17.3 Å². The Labute approximate surface area is 174 Å². The number of halogens is 1. The Bertz CT molecular complexity index is 1110. The maximum absolute atomic E-state index is 13.1. The van der Waals surface area contributed by atoms with E-state index in [0.717, 1.165) is 0 Å². The Kier molecular flexibility index (Phi) is 6.03. The summed E-state index contributed by atoms with van der Waals surface area (Å²) < 4.78 is 7.02. The Morgan fingerprint density at radius 3 is 2.41 bits per heavy atom. The van der Waals surface area contributed by atoms with Crippen LogP contribution in [0.3, 0.4) is 0 Å². The number of hydrogen-bond acceptors (Lipinski definition) is 4. The normalized spacial score (nSPS) is 10.8. The van der Waals surface area contributed by atoms with E-state index in [1.54, 1.807) is 61.9 Å². The minimum atomic E-state index is -0.282. The largest absolute Gasteiger partial charge is 0.496 e. The molecule has 0 saturated heterocycles. The molecule has 0 aliphatic rings. The van der Waals surface area contributed by atoms with Crippen molar-refractivity contribution in [2.24, 2.45) is 5.92 Å². The highest BCUT2D eigenvalue weighted by atomic mass is 35.5. The molecule has 0 spiro atoms. The van der Waals surface area contributed by atoms with E-state index in [-0.39, 0.29) is 23.1 Å². The second kappa shape index (κ2) is 8.49. The van der Waals surface area contributed by atoms with Crippen LogP contribution in [0.4, 0.5) is 5.82 Å². The molecular formula is C22H22ClN3O3. The maximum atomic E-state index is 13.1. The van der Waals surface area contributed by atoms with Crippen molar-refractivity contribution >= 4 is 23.3 Å². The summed E-state index contributed by atoms with van der Waals surface area (Å²) in [5.74, 6) is 0.300. The molecule has 1 heterocycles. The fraction of sp³-hybridized carbons (Fsp3) is 0.227. The van der Waals surface area contributed by atoms with Gasteiger partial charge in [0.05, 0.1) is 18.4 Å². The van der Waals surface area contributed by atoms with E-state index in [1.165, 1.54) is 7.11 Å². The zero-order chi connectivity index (χ0) is 21.1. The van der Waals surface area contributed by atoms with Crippen molar-refractivity contribution in [3.8, 4) is 22.6 Å². The number of methoxy groups -OCH3 is 1. The molecule has 0 bridgehead atoms. The predicted octanol–water partition coefficient (Wildman–Crippen LogP) is 4.46. The number of carbonyl (C=O) groups excluding carboxylic acids is 1. The maximum Gasteiger partial charge on any atom is 0.228 e. The van der Waals surface area contributed by atoms with E-state index in [2.05, 4.69) is 10.4 Å². The minimum absolute atomic E-state index is 0.228. The van der Waals surface area contributed by atoms with Crippen molar-refractivity contribution in [1.29, 1.82) is 0 Å². The monoisotopic (exact) mass is 411 g/mol. The van der Waals surface area contributed by atoms with E-state index < -0.39 is 0 Å². The average molecular weight is 412 g/mol. The molecule has 150 valence electrons. The molecule has 2 aromatic carbocycles. The summed E-state index contributed by atoms with van der Waals surface area (Å²) in [6.45, 7) is 5.21. The number of nitrogens with zero attached hydrogens (tertiary/aromatic N) is 2. The molecule has 0 saturated carbocycles. The highest BCUT2D eigenvalue weighted by Crippen LogP contribution is 2.34. The highest BCUT2D eigenvalue weighted by Gasteiger charge is 2.23. The van der Waals surface area contributed by atoms with E-state index in [0.29, 0.717) is 33.3 Å². The summed E-state index contributed by atoms with van der Waals surface area (Å²) in [6, 6.07) is 14.2. The molecule has 0 radical (unpaired) electrons. The molecule has 0 aliphatic carbocycles. The molecule has 1 amide bonds. The van der Waals surface area contributed by atoms with Gasteiger partial charge in [-0.1, -0.05) is 43.6 Å². The molecule has 0 unspecified atom stereocenters. The van der Waals surface area contributed by atoms with Gasteiger partial charge in [0, 0.05) is 16.5 Å².